The number of nitrogens with zero attached hydrogens (tertiary/aromatic N) is 3. The van der Waals surface area contributed by atoms with Gasteiger partial charge in [-0.25, -0.2) is 15.0 Å². The van der Waals surface area contributed by atoms with Crippen molar-refractivity contribution < 1.29 is 18.3 Å². The van der Waals surface area contributed by atoms with Crippen LogP contribution < -0.4 is 5.32 Å². The lowest BCUT2D eigenvalue weighted by molar-refractivity contribution is -0.137. The topological polar surface area (TPSA) is 70.9 Å². The summed E-state index contributed by atoms with van der Waals surface area (Å²) in [5, 5.41) is 13.5. The molecule has 0 atom stereocenters. The third kappa shape index (κ3) is 4.26. The van der Waals surface area contributed by atoms with Gasteiger partial charge in [0.05, 0.1) is 5.56 Å². The standard InChI is InChI=1S/C15H10BrF3N4OS/c16-6-11-7-21-13(25-11)12-1-2-20-14(23-12)22-9-3-8(15(17,18)19)4-10(24)5-9/h1-5,7,24H,6H2,(H,20,22,23). The molecule has 3 rings (SSSR count). The summed E-state index contributed by atoms with van der Waals surface area (Å²) >= 11 is 4.79. The highest BCUT2D eigenvalue weighted by Gasteiger charge is 2.31. The highest BCUT2D eigenvalue weighted by molar-refractivity contribution is 9.08. The van der Waals surface area contributed by atoms with Crippen LogP contribution in [0.2, 0.25) is 0 Å². The minimum atomic E-state index is -4.56. The quantitative estimate of drug-likeness (QED) is 0.572. The van der Waals surface area contributed by atoms with Crippen molar-refractivity contribution in [1.29, 1.82) is 0 Å². The lowest BCUT2D eigenvalue weighted by atomic mass is 10.2. The number of phenolic OH excluding ortho intramolecular Hbond substituents is 1. The number of phenols is 1. The molecule has 130 valence electrons. The Balaban J connectivity index is 1.89. The summed E-state index contributed by atoms with van der Waals surface area (Å²) in [4.78, 5) is 13.5. The van der Waals surface area contributed by atoms with E-state index in [-0.39, 0.29) is 11.6 Å². The van der Waals surface area contributed by atoms with E-state index in [4.69, 9.17) is 0 Å². The normalized spacial score (nSPS) is 11.5. The number of aromatic hydroxyl groups is 1. The maximum absolute atomic E-state index is 12.8. The van der Waals surface area contributed by atoms with Gasteiger partial charge in [0.1, 0.15) is 16.5 Å². The molecule has 3 aromatic rings. The first-order chi connectivity index (χ1) is 11.8. The Labute approximate surface area is 152 Å². The minimum Gasteiger partial charge on any atom is -0.508 e. The summed E-state index contributed by atoms with van der Waals surface area (Å²) < 4.78 is 38.5. The fraction of sp³-hybridized carbons (Fsp3) is 0.133. The highest BCUT2D eigenvalue weighted by atomic mass is 79.9. The first kappa shape index (κ1) is 17.6. The molecule has 0 amide bonds. The van der Waals surface area contributed by atoms with Gasteiger partial charge in [0.25, 0.3) is 0 Å². The average Bonchev–Trinajstić information content (AvgIpc) is 3.03. The van der Waals surface area contributed by atoms with E-state index in [0.29, 0.717) is 22.1 Å². The average molecular weight is 431 g/mol. The predicted molar refractivity (Wildman–Crippen MR) is 92.2 cm³/mol. The largest absolute Gasteiger partial charge is 0.508 e. The van der Waals surface area contributed by atoms with E-state index in [1.54, 1.807) is 12.3 Å². The van der Waals surface area contributed by atoms with Gasteiger partial charge in [0, 0.05) is 34.4 Å². The lowest BCUT2D eigenvalue weighted by Crippen LogP contribution is -2.06. The Kier molecular flexibility index (Phi) is 4.91. The lowest BCUT2D eigenvalue weighted by Gasteiger charge is -2.11. The van der Waals surface area contributed by atoms with Gasteiger partial charge in [-0.05, 0) is 18.2 Å². The van der Waals surface area contributed by atoms with Gasteiger partial charge in [-0.3, -0.25) is 0 Å². The number of aromatic nitrogens is 3. The maximum Gasteiger partial charge on any atom is 0.416 e. The predicted octanol–water partition coefficient (Wildman–Crippen LogP) is 4.96. The van der Waals surface area contributed by atoms with Crippen molar-refractivity contribution in [2.45, 2.75) is 11.5 Å². The summed E-state index contributed by atoms with van der Waals surface area (Å²) in [6, 6.07) is 4.35. The smallest absolute Gasteiger partial charge is 0.416 e. The van der Waals surface area contributed by atoms with Crippen LogP contribution >= 0.6 is 27.3 Å². The van der Waals surface area contributed by atoms with Crippen molar-refractivity contribution in [2.24, 2.45) is 0 Å². The van der Waals surface area contributed by atoms with Gasteiger partial charge in [0.2, 0.25) is 5.95 Å². The second-order valence-electron chi connectivity index (χ2n) is 4.92. The Morgan fingerprint density at radius 1 is 1.20 bits per heavy atom. The van der Waals surface area contributed by atoms with Crippen LogP contribution in [0, 0.1) is 0 Å². The molecule has 2 heterocycles. The molecule has 10 heteroatoms. The van der Waals surface area contributed by atoms with E-state index < -0.39 is 17.5 Å². The zero-order valence-corrected chi connectivity index (χ0v) is 14.8. The van der Waals surface area contributed by atoms with Gasteiger partial charge in [0.15, 0.2) is 0 Å². The number of hydrogen-bond acceptors (Lipinski definition) is 6. The van der Waals surface area contributed by atoms with E-state index >= 15 is 0 Å². The number of hydrogen-bond donors (Lipinski definition) is 2. The van der Waals surface area contributed by atoms with E-state index in [0.717, 1.165) is 17.0 Å². The van der Waals surface area contributed by atoms with Crippen LogP contribution in [0.25, 0.3) is 10.7 Å². The number of anilines is 2. The summed E-state index contributed by atoms with van der Waals surface area (Å²) in [5.74, 6) is -0.401. The summed E-state index contributed by atoms with van der Waals surface area (Å²) in [7, 11) is 0. The molecule has 0 aliphatic heterocycles. The molecule has 2 N–H and O–H groups in total. The molecule has 2 aromatic heterocycles. The van der Waals surface area contributed by atoms with Crippen LogP contribution in [0.5, 0.6) is 5.75 Å². The fourth-order valence-corrected chi connectivity index (χ4v) is 3.22. The second-order valence-corrected chi connectivity index (χ2v) is 6.60. The van der Waals surface area contributed by atoms with Crippen LogP contribution in [0.3, 0.4) is 0 Å². The molecule has 25 heavy (non-hydrogen) atoms. The van der Waals surface area contributed by atoms with Crippen LogP contribution in [0.15, 0.2) is 36.7 Å². The Morgan fingerprint density at radius 2 is 2.00 bits per heavy atom. The first-order valence-electron chi connectivity index (χ1n) is 6.87. The fourth-order valence-electron chi connectivity index (χ4n) is 2.00. The molecule has 0 unspecified atom stereocenters. The van der Waals surface area contributed by atoms with Crippen molar-refractivity contribution in [1.82, 2.24) is 15.0 Å². The zero-order chi connectivity index (χ0) is 18.0. The zero-order valence-electron chi connectivity index (χ0n) is 12.4. The van der Waals surface area contributed by atoms with E-state index in [1.165, 1.54) is 17.5 Å². The molecular weight excluding hydrogens is 421 g/mol. The Bertz CT molecular complexity index is 900. The van der Waals surface area contributed by atoms with Crippen LogP contribution in [0.1, 0.15) is 10.4 Å². The minimum absolute atomic E-state index is 0.0322. The number of rotatable bonds is 4. The van der Waals surface area contributed by atoms with Crippen molar-refractivity contribution in [3.63, 3.8) is 0 Å². The van der Waals surface area contributed by atoms with Gasteiger partial charge in [-0.1, -0.05) is 15.9 Å². The molecule has 5 nitrogen and oxygen atoms in total. The first-order valence-corrected chi connectivity index (χ1v) is 8.81. The maximum atomic E-state index is 12.8. The molecule has 0 bridgehead atoms. The second kappa shape index (κ2) is 6.96. The van der Waals surface area contributed by atoms with Crippen LogP contribution in [0.4, 0.5) is 24.8 Å². The number of alkyl halides is 4. The number of halogens is 4. The van der Waals surface area contributed by atoms with E-state index in [2.05, 4.69) is 36.2 Å². The van der Waals surface area contributed by atoms with Crippen molar-refractivity contribution in [3.05, 3.63) is 47.1 Å². The molecule has 0 saturated heterocycles. The molecular formula is C15H10BrF3N4OS. The van der Waals surface area contributed by atoms with E-state index in [1.807, 2.05) is 0 Å². The summed E-state index contributed by atoms with van der Waals surface area (Å²) in [6.45, 7) is 0. The van der Waals surface area contributed by atoms with Crippen molar-refractivity contribution in [2.75, 3.05) is 5.32 Å². The van der Waals surface area contributed by atoms with Gasteiger partial charge in [-0.2, -0.15) is 13.2 Å². The molecule has 0 aliphatic rings. The molecule has 0 saturated carbocycles. The Hall–Kier alpha value is -2.20. The van der Waals surface area contributed by atoms with Gasteiger partial charge < -0.3 is 10.4 Å². The number of nitrogens with one attached hydrogen (secondary N) is 1. The molecule has 1 aromatic carbocycles. The third-order valence-electron chi connectivity index (χ3n) is 3.06. The van der Waals surface area contributed by atoms with Crippen LogP contribution in [-0.4, -0.2) is 20.1 Å². The molecule has 0 fully saturated rings. The number of thiazole rings is 1. The number of benzene rings is 1. The van der Waals surface area contributed by atoms with Crippen LogP contribution in [-0.2, 0) is 11.5 Å². The monoisotopic (exact) mass is 430 g/mol. The summed E-state index contributed by atoms with van der Waals surface area (Å²) in [6.07, 6.45) is -1.37. The van der Waals surface area contributed by atoms with Gasteiger partial charge >= 0.3 is 6.18 Å². The van der Waals surface area contributed by atoms with E-state index in [9.17, 15) is 18.3 Å². The summed E-state index contributed by atoms with van der Waals surface area (Å²) in [5.41, 5.74) is -0.385. The van der Waals surface area contributed by atoms with Gasteiger partial charge in [-0.15, -0.1) is 11.3 Å². The van der Waals surface area contributed by atoms with Crippen molar-refractivity contribution >= 4 is 38.9 Å². The molecule has 0 aliphatic carbocycles. The van der Waals surface area contributed by atoms with Crippen molar-refractivity contribution in [3.8, 4) is 16.5 Å². The molecule has 0 radical (unpaired) electrons. The highest BCUT2D eigenvalue weighted by Crippen LogP contribution is 2.34. The SMILES string of the molecule is Oc1cc(Nc2nccc(-c3ncc(CBr)s3)n2)cc(C(F)(F)F)c1. The third-order valence-corrected chi connectivity index (χ3v) is 5.06. The molecule has 0 spiro atoms. The Morgan fingerprint density at radius 3 is 2.68 bits per heavy atom.